The maximum atomic E-state index is 12.0. The van der Waals surface area contributed by atoms with E-state index >= 15 is 0 Å². The standard InChI is InChI=1S/C12H10O2/c13-11-7-3-1-2-4-6-5(3)9(11)10(6)12(14)8(4)7/h1-10H/t3-,4+,5-,6+,7-,8+,9-,10-/m0/s1. The largest absolute Gasteiger partial charge is 0.299 e. The van der Waals surface area contributed by atoms with Crippen molar-refractivity contribution >= 4 is 11.6 Å². The summed E-state index contributed by atoms with van der Waals surface area (Å²) in [6.07, 6.45) is 4.47. The van der Waals surface area contributed by atoms with Gasteiger partial charge < -0.3 is 0 Å². The van der Waals surface area contributed by atoms with Crippen molar-refractivity contribution in [2.45, 2.75) is 0 Å². The van der Waals surface area contributed by atoms with Crippen molar-refractivity contribution in [3.63, 3.8) is 0 Å². The third-order valence-corrected chi connectivity index (χ3v) is 5.64. The van der Waals surface area contributed by atoms with E-state index in [9.17, 15) is 9.59 Å². The SMILES string of the molecule is O=C1[C@@H]2[C@@H]3C=C[C@@H]4[C@@H]2C(=O)[C@@H]2[C@@H]1[C@H]3[C@H]42. The zero-order chi connectivity index (χ0) is 9.19. The molecule has 3 saturated carbocycles. The zero-order valence-corrected chi connectivity index (χ0v) is 7.59. The molecule has 0 bridgehead atoms. The Morgan fingerprint density at radius 2 is 1.14 bits per heavy atom. The number of hydrogen-bond acceptors (Lipinski definition) is 2. The molecule has 0 spiro atoms. The predicted molar refractivity (Wildman–Crippen MR) is 47.1 cm³/mol. The van der Waals surface area contributed by atoms with E-state index in [1.165, 1.54) is 0 Å². The van der Waals surface area contributed by atoms with Crippen LogP contribution in [-0.2, 0) is 9.59 Å². The summed E-state index contributed by atoms with van der Waals surface area (Å²) in [6, 6.07) is 0. The van der Waals surface area contributed by atoms with Crippen molar-refractivity contribution in [3.05, 3.63) is 12.2 Å². The van der Waals surface area contributed by atoms with E-state index in [-0.39, 0.29) is 23.7 Å². The first kappa shape index (κ1) is 6.54. The molecular weight excluding hydrogens is 176 g/mol. The van der Waals surface area contributed by atoms with Gasteiger partial charge in [-0.2, -0.15) is 0 Å². The van der Waals surface area contributed by atoms with Crippen molar-refractivity contribution in [3.8, 4) is 0 Å². The molecule has 0 aromatic carbocycles. The minimum absolute atomic E-state index is 0.113. The Kier molecular flexibility index (Phi) is 0.718. The van der Waals surface area contributed by atoms with Crippen molar-refractivity contribution in [1.29, 1.82) is 0 Å². The van der Waals surface area contributed by atoms with Gasteiger partial charge in [0.05, 0.1) is 0 Å². The molecule has 4 aliphatic rings. The molecule has 0 N–H and O–H groups in total. The molecule has 3 fully saturated rings. The maximum Gasteiger partial charge on any atom is 0.141 e. The minimum Gasteiger partial charge on any atom is -0.299 e. The van der Waals surface area contributed by atoms with Crippen molar-refractivity contribution in [1.82, 2.24) is 0 Å². The topological polar surface area (TPSA) is 34.1 Å². The van der Waals surface area contributed by atoms with Gasteiger partial charge in [0, 0.05) is 23.7 Å². The number of carbonyl (C=O) groups is 2. The van der Waals surface area contributed by atoms with Gasteiger partial charge in [-0.3, -0.25) is 9.59 Å². The molecule has 4 aliphatic carbocycles. The normalized spacial score (nSPS) is 69.4. The highest BCUT2D eigenvalue weighted by atomic mass is 16.1. The summed E-state index contributed by atoms with van der Waals surface area (Å²) < 4.78 is 0. The number of fused-ring (bicyclic) bond motifs is 9. The molecular formula is C12H10O2. The molecule has 70 valence electrons. The van der Waals surface area contributed by atoms with E-state index in [0.29, 0.717) is 35.2 Å². The van der Waals surface area contributed by atoms with Crippen LogP contribution < -0.4 is 0 Å². The van der Waals surface area contributed by atoms with Gasteiger partial charge >= 0.3 is 0 Å². The van der Waals surface area contributed by atoms with Crippen LogP contribution in [0.5, 0.6) is 0 Å². The molecule has 2 heteroatoms. The number of allylic oxidation sites excluding steroid dienone is 2. The lowest BCUT2D eigenvalue weighted by Crippen LogP contribution is -2.50. The van der Waals surface area contributed by atoms with Crippen LogP contribution in [0.4, 0.5) is 0 Å². The number of Topliss-reactive ketones (excluding diaryl/α,β-unsaturated/α-hetero) is 2. The lowest BCUT2D eigenvalue weighted by atomic mass is 9.52. The summed E-state index contributed by atoms with van der Waals surface area (Å²) in [5.74, 6) is 3.50. The second kappa shape index (κ2) is 1.54. The number of carbonyl (C=O) groups excluding carboxylic acids is 2. The molecule has 0 aromatic rings. The molecule has 4 rings (SSSR count). The number of rotatable bonds is 0. The summed E-state index contributed by atoms with van der Waals surface area (Å²) >= 11 is 0. The van der Waals surface area contributed by atoms with E-state index in [1.807, 2.05) is 0 Å². The summed E-state index contributed by atoms with van der Waals surface area (Å²) in [5.41, 5.74) is 0. The highest BCUT2D eigenvalue weighted by Crippen LogP contribution is 2.75. The quantitative estimate of drug-likeness (QED) is 0.412. The van der Waals surface area contributed by atoms with E-state index in [2.05, 4.69) is 12.2 Å². The van der Waals surface area contributed by atoms with Crippen molar-refractivity contribution < 1.29 is 9.59 Å². The molecule has 0 aromatic heterocycles. The average Bonchev–Trinajstić information content (AvgIpc) is 2.40. The Labute approximate surface area is 81.4 Å². The Balaban J connectivity index is 1.91. The van der Waals surface area contributed by atoms with Crippen LogP contribution in [0.15, 0.2) is 12.2 Å². The molecule has 0 saturated heterocycles. The van der Waals surface area contributed by atoms with Crippen LogP contribution in [0.1, 0.15) is 0 Å². The van der Waals surface area contributed by atoms with Gasteiger partial charge in [0.2, 0.25) is 0 Å². The fraction of sp³-hybridized carbons (Fsp3) is 0.667. The fourth-order valence-corrected chi connectivity index (χ4v) is 5.43. The summed E-state index contributed by atoms with van der Waals surface area (Å²) in [4.78, 5) is 24.0. The van der Waals surface area contributed by atoms with Crippen LogP contribution in [0.3, 0.4) is 0 Å². The van der Waals surface area contributed by atoms with Crippen LogP contribution in [0, 0.1) is 47.3 Å². The van der Waals surface area contributed by atoms with Crippen LogP contribution >= 0.6 is 0 Å². The van der Waals surface area contributed by atoms with Gasteiger partial charge in [-0.05, 0) is 23.7 Å². The first-order chi connectivity index (χ1) is 6.80. The van der Waals surface area contributed by atoms with Crippen LogP contribution in [0.2, 0.25) is 0 Å². The highest BCUT2D eigenvalue weighted by molar-refractivity contribution is 6.06. The third kappa shape index (κ3) is 0.358. The average molecular weight is 186 g/mol. The summed E-state index contributed by atoms with van der Waals surface area (Å²) in [7, 11) is 0. The second-order valence-corrected chi connectivity index (χ2v) is 5.60. The van der Waals surface area contributed by atoms with Gasteiger partial charge in [0.15, 0.2) is 0 Å². The third-order valence-electron chi connectivity index (χ3n) is 5.64. The van der Waals surface area contributed by atoms with E-state index in [4.69, 9.17) is 0 Å². The predicted octanol–water partition coefficient (Wildman–Crippen LogP) is 0.678. The lowest BCUT2D eigenvalue weighted by Gasteiger charge is -2.50. The molecule has 2 nitrogen and oxygen atoms in total. The first-order valence-corrected chi connectivity index (χ1v) is 5.56. The zero-order valence-electron chi connectivity index (χ0n) is 7.59. The van der Waals surface area contributed by atoms with Gasteiger partial charge in [-0.25, -0.2) is 0 Å². The minimum atomic E-state index is 0.113. The van der Waals surface area contributed by atoms with Crippen LogP contribution in [-0.4, -0.2) is 11.6 Å². The fourth-order valence-electron chi connectivity index (χ4n) is 5.43. The Bertz CT molecular complexity index is 396. The second-order valence-electron chi connectivity index (χ2n) is 5.60. The van der Waals surface area contributed by atoms with E-state index < -0.39 is 0 Å². The van der Waals surface area contributed by atoms with Gasteiger partial charge in [0.25, 0.3) is 0 Å². The smallest absolute Gasteiger partial charge is 0.141 e. The van der Waals surface area contributed by atoms with Gasteiger partial charge in [-0.15, -0.1) is 0 Å². The molecule has 14 heavy (non-hydrogen) atoms. The molecule has 0 aliphatic heterocycles. The van der Waals surface area contributed by atoms with Gasteiger partial charge in [-0.1, -0.05) is 12.2 Å². The van der Waals surface area contributed by atoms with E-state index in [0.717, 1.165) is 0 Å². The summed E-state index contributed by atoms with van der Waals surface area (Å²) in [6.45, 7) is 0. The molecule has 0 heterocycles. The first-order valence-electron chi connectivity index (χ1n) is 5.56. The highest BCUT2D eigenvalue weighted by Gasteiger charge is 2.80. The Hall–Kier alpha value is -0.920. The van der Waals surface area contributed by atoms with Crippen molar-refractivity contribution in [2.24, 2.45) is 47.3 Å². The van der Waals surface area contributed by atoms with E-state index in [1.54, 1.807) is 0 Å². The van der Waals surface area contributed by atoms with Crippen LogP contribution in [0.25, 0.3) is 0 Å². The Morgan fingerprint density at radius 3 is 1.57 bits per heavy atom. The maximum absolute atomic E-state index is 12.0. The van der Waals surface area contributed by atoms with Crippen molar-refractivity contribution in [2.75, 3.05) is 0 Å². The molecule has 0 amide bonds. The lowest BCUT2D eigenvalue weighted by molar-refractivity contribution is -0.145. The summed E-state index contributed by atoms with van der Waals surface area (Å²) in [5, 5.41) is 0. The molecule has 8 atom stereocenters. The Morgan fingerprint density at radius 1 is 0.714 bits per heavy atom. The number of hydrogen-bond donors (Lipinski definition) is 0. The molecule has 0 unspecified atom stereocenters. The van der Waals surface area contributed by atoms with Gasteiger partial charge in [0.1, 0.15) is 11.6 Å². The monoisotopic (exact) mass is 186 g/mol. The molecule has 0 radical (unpaired) electrons. The number of ketones is 2.